The fraction of sp³-hybridized carbons (Fsp3) is 0.778. The molecule has 0 heterocycles. The van der Waals surface area contributed by atoms with Gasteiger partial charge in [0, 0.05) is 20.0 Å². The number of hydrogen-bond acceptors (Lipinski definition) is 5. The second kappa shape index (κ2) is 17.6. The predicted octanol–water partition coefficient (Wildman–Crippen LogP) is 1.65. The first-order valence-corrected chi connectivity index (χ1v) is 4.43. The number of aliphatic hydroxyl groups excluding tert-OH is 1. The molecule has 0 spiro atoms. The van der Waals surface area contributed by atoms with Crippen molar-refractivity contribution in [2.45, 2.75) is 25.7 Å². The number of rotatable bonds is 6. The van der Waals surface area contributed by atoms with Crippen molar-refractivity contribution in [1.29, 1.82) is 10.5 Å². The zero-order valence-electron chi connectivity index (χ0n) is 8.48. The van der Waals surface area contributed by atoms with Crippen molar-refractivity contribution in [3.63, 3.8) is 0 Å². The van der Waals surface area contributed by atoms with Crippen LogP contribution in [-0.2, 0) is 0 Å². The van der Waals surface area contributed by atoms with Gasteiger partial charge in [-0.3, -0.25) is 0 Å². The maximum atomic E-state index is 8.18. The van der Waals surface area contributed by atoms with E-state index in [1.54, 1.807) is 0 Å². The summed E-state index contributed by atoms with van der Waals surface area (Å²) < 4.78 is 0. The predicted molar refractivity (Wildman–Crippen MR) is 52.4 cm³/mol. The van der Waals surface area contributed by atoms with Crippen molar-refractivity contribution < 1.29 is 5.11 Å². The van der Waals surface area contributed by atoms with E-state index in [4.69, 9.17) is 15.6 Å². The molecule has 1 N–H and O–H groups in total. The molecule has 5 heteroatoms. The molecule has 0 bridgehead atoms. The van der Waals surface area contributed by atoms with Gasteiger partial charge in [0.2, 0.25) is 0 Å². The van der Waals surface area contributed by atoms with Crippen molar-refractivity contribution in [3.05, 3.63) is 0 Å². The van der Waals surface area contributed by atoms with Crippen LogP contribution in [0.3, 0.4) is 0 Å². The van der Waals surface area contributed by atoms with Crippen LogP contribution in [0.5, 0.6) is 0 Å². The van der Waals surface area contributed by atoms with Crippen LogP contribution in [0, 0.1) is 22.7 Å². The van der Waals surface area contributed by atoms with Crippen LogP contribution in [0.15, 0.2) is 10.2 Å². The number of unbranched alkanes of at least 4 members (excludes halogenated alkanes) is 2. The van der Waals surface area contributed by atoms with Crippen LogP contribution < -0.4 is 0 Å². The second-order valence-corrected chi connectivity index (χ2v) is 2.25. The Morgan fingerprint density at radius 3 is 1.57 bits per heavy atom. The molecular weight excluding hydrogens is 180 g/mol. The van der Waals surface area contributed by atoms with Crippen LogP contribution in [0.2, 0.25) is 0 Å². The minimum atomic E-state index is 0.539. The van der Waals surface area contributed by atoms with E-state index >= 15 is 0 Å². The molecule has 0 fully saturated rings. The highest BCUT2D eigenvalue weighted by Crippen LogP contribution is 1.91. The van der Waals surface area contributed by atoms with Crippen LogP contribution >= 0.6 is 0 Å². The third-order valence-electron chi connectivity index (χ3n) is 1.19. The van der Waals surface area contributed by atoms with Crippen molar-refractivity contribution in [3.8, 4) is 12.1 Å². The van der Waals surface area contributed by atoms with Gasteiger partial charge in [0.1, 0.15) is 0 Å². The van der Waals surface area contributed by atoms with Gasteiger partial charge in [0.05, 0.1) is 25.2 Å². The average Bonchev–Trinajstić information content (AvgIpc) is 2.25. The van der Waals surface area contributed by atoms with Gasteiger partial charge in [-0.1, -0.05) is 0 Å². The van der Waals surface area contributed by atoms with Gasteiger partial charge in [0.25, 0.3) is 0 Å². The van der Waals surface area contributed by atoms with E-state index in [1.165, 1.54) is 0 Å². The lowest BCUT2D eigenvalue weighted by molar-refractivity contribution is 0.399. The Balaban J connectivity index is 0. The molecule has 0 aliphatic carbocycles. The maximum absolute atomic E-state index is 8.18. The summed E-state index contributed by atoms with van der Waals surface area (Å²) in [4.78, 5) is 0. The minimum absolute atomic E-state index is 0.539. The van der Waals surface area contributed by atoms with Crippen molar-refractivity contribution in [1.82, 2.24) is 0 Å². The van der Waals surface area contributed by atoms with Gasteiger partial charge in [-0.2, -0.15) is 20.8 Å². The molecule has 0 radical (unpaired) electrons. The molecule has 0 rings (SSSR count). The summed E-state index contributed by atoms with van der Waals surface area (Å²) in [7, 11) is 1.00. The molecule has 0 saturated carbocycles. The van der Waals surface area contributed by atoms with Gasteiger partial charge < -0.3 is 5.11 Å². The van der Waals surface area contributed by atoms with Gasteiger partial charge >= 0.3 is 0 Å². The summed E-state index contributed by atoms with van der Waals surface area (Å²) in [6.07, 6.45) is 2.63. The zero-order valence-corrected chi connectivity index (χ0v) is 8.48. The summed E-state index contributed by atoms with van der Waals surface area (Å²) in [6, 6.07) is 4.07. The van der Waals surface area contributed by atoms with Gasteiger partial charge in [0.15, 0.2) is 0 Å². The van der Waals surface area contributed by atoms with E-state index in [2.05, 4.69) is 10.2 Å². The van der Waals surface area contributed by atoms with E-state index in [0.29, 0.717) is 25.9 Å². The van der Waals surface area contributed by atoms with E-state index in [0.717, 1.165) is 20.0 Å². The van der Waals surface area contributed by atoms with Crippen molar-refractivity contribution in [2.75, 3.05) is 20.2 Å². The molecule has 78 valence electrons. The normalized spacial score (nSPS) is 8.57. The lowest BCUT2D eigenvalue weighted by Gasteiger charge is -1.87. The Bertz CT molecular complexity index is 180. The van der Waals surface area contributed by atoms with Crippen LogP contribution in [-0.4, -0.2) is 25.3 Å². The first-order valence-electron chi connectivity index (χ1n) is 4.43. The van der Waals surface area contributed by atoms with E-state index in [9.17, 15) is 0 Å². The van der Waals surface area contributed by atoms with E-state index in [-0.39, 0.29) is 0 Å². The standard InChI is InChI=1S/C8H12N4.CH4O/c9-5-1-3-7-11-12-8-4-2-6-10;1-2/h1-4,7-8H2;2H,1H3. The Hall–Kier alpha value is -1.46. The molecule has 0 aromatic carbocycles. The van der Waals surface area contributed by atoms with Crippen molar-refractivity contribution >= 4 is 0 Å². The Morgan fingerprint density at radius 2 is 1.29 bits per heavy atom. The molecule has 0 amide bonds. The molecule has 0 unspecified atom stereocenters. The number of azo groups is 1. The monoisotopic (exact) mass is 196 g/mol. The summed E-state index contributed by atoms with van der Waals surface area (Å²) in [5, 5.41) is 31.1. The molecule has 14 heavy (non-hydrogen) atoms. The van der Waals surface area contributed by atoms with Crippen LogP contribution in [0.25, 0.3) is 0 Å². The van der Waals surface area contributed by atoms with Crippen molar-refractivity contribution in [2.24, 2.45) is 10.2 Å². The third-order valence-corrected chi connectivity index (χ3v) is 1.19. The average molecular weight is 196 g/mol. The molecule has 0 aromatic rings. The molecular formula is C9H16N4O. The van der Waals surface area contributed by atoms with Gasteiger partial charge in [-0.15, -0.1) is 0 Å². The number of nitriles is 2. The number of nitrogens with zero attached hydrogens (tertiary/aromatic N) is 4. The largest absolute Gasteiger partial charge is 0.400 e. The number of hydrogen-bond donors (Lipinski definition) is 1. The highest BCUT2D eigenvalue weighted by atomic mass is 16.2. The zero-order chi connectivity index (χ0) is 11.1. The van der Waals surface area contributed by atoms with Gasteiger partial charge in [-0.05, 0) is 12.8 Å². The smallest absolute Gasteiger partial charge is 0.0622 e. The summed E-state index contributed by atoms with van der Waals surface area (Å²) in [5.74, 6) is 0. The third kappa shape index (κ3) is 16.9. The van der Waals surface area contributed by atoms with E-state index < -0.39 is 0 Å². The summed E-state index contributed by atoms with van der Waals surface area (Å²) >= 11 is 0. The minimum Gasteiger partial charge on any atom is -0.400 e. The lowest BCUT2D eigenvalue weighted by Crippen LogP contribution is -1.81. The fourth-order valence-electron chi connectivity index (χ4n) is 0.599. The van der Waals surface area contributed by atoms with Crippen LogP contribution in [0.4, 0.5) is 0 Å². The topological polar surface area (TPSA) is 92.5 Å². The Morgan fingerprint density at radius 1 is 0.929 bits per heavy atom. The maximum Gasteiger partial charge on any atom is 0.0622 e. The molecule has 0 aliphatic heterocycles. The Labute approximate surface area is 84.7 Å². The number of aliphatic hydroxyl groups is 1. The fourth-order valence-corrected chi connectivity index (χ4v) is 0.599. The highest BCUT2D eigenvalue weighted by molar-refractivity contribution is 4.69. The summed E-state index contributed by atoms with van der Waals surface area (Å²) in [5.41, 5.74) is 0. The summed E-state index contributed by atoms with van der Waals surface area (Å²) in [6.45, 7) is 1.25. The molecule has 0 saturated heterocycles. The quantitative estimate of drug-likeness (QED) is 0.517. The molecule has 0 atom stereocenters. The molecule has 0 aliphatic rings. The first kappa shape index (κ1) is 15.0. The van der Waals surface area contributed by atoms with Crippen LogP contribution in [0.1, 0.15) is 25.7 Å². The first-order chi connectivity index (χ1) is 6.91. The van der Waals surface area contributed by atoms with E-state index in [1.807, 2.05) is 12.1 Å². The molecule has 0 aromatic heterocycles. The lowest BCUT2D eigenvalue weighted by atomic mass is 10.3. The SMILES string of the molecule is CO.N#CCCCN=NCCCC#N. The Kier molecular flexibility index (Phi) is 18.9. The molecule has 5 nitrogen and oxygen atoms in total. The highest BCUT2D eigenvalue weighted by Gasteiger charge is 1.84. The van der Waals surface area contributed by atoms with Gasteiger partial charge in [-0.25, -0.2) is 0 Å². The second-order valence-electron chi connectivity index (χ2n) is 2.25.